The molecule has 0 bridgehead atoms. The molecule has 9 rings (SSSR count). The summed E-state index contributed by atoms with van der Waals surface area (Å²) in [7, 11) is 0. The predicted molar refractivity (Wildman–Crippen MR) is 187 cm³/mol. The van der Waals surface area contributed by atoms with Crippen LogP contribution in [0.5, 0.6) is 0 Å². The van der Waals surface area contributed by atoms with Gasteiger partial charge < -0.3 is 4.90 Å². The molecule has 7 aromatic carbocycles. The second-order valence-corrected chi connectivity index (χ2v) is 13.0. The molecule has 1 aliphatic heterocycles. The molecule has 1 aliphatic carbocycles. The quantitative estimate of drug-likeness (QED) is 0.189. The van der Waals surface area contributed by atoms with Crippen LogP contribution < -0.4 is 4.90 Å². The van der Waals surface area contributed by atoms with Crippen LogP contribution in [-0.4, -0.2) is 0 Å². The Morgan fingerprint density at radius 3 is 1.86 bits per heavy atom. The average Bonchev–Trinajstić information content (AvgIpc) is 3.29. The van der Waals surface area contributed by atoms with Crippen LogP contribution in [0.3, 0.4) is 0 Å². The van der Waals surface area contributed by atoms with E-state index in [0.29, 0.717) is 0 Å². The number of para-hydroxylation sites is 2. The molecular weight excluding hydrogens is 530 g/mol. The molecular formula is C43H33N. The molecule has 0 aromatic heterocycles. The summed E-state index contributed by atoms with van der Waals surface area (Å²) in [4.78, 5) is 2.53. The van der Waals surface area contributed by atoms with Crippen LogP contribution in [0.2, 0.25) is 0 Å². The van der Waals surface area contributed by atoms with Crippen LogP contribution in [0, 0.1) is 6.92 Å². The maximum Gasteiger partial charge on any atom is 0.0619 e. The van der Waals surface area contributed by atoms with Gasteiger partial charge in [-0.25, -0.2) is 0 Å². The summed E-state index contributed by atoms with van der Waals surface area (Å²) in [6.07, 6.45) is 0.946. The maximum atomic E-state index is 2.53. The first-order chi connectivity index (χ1) is 21.5. The lowest BCUT2D eigenvalue weighted by Crippen LogP contribution is -2.19. The molecule has 0 unspecified atom stereocenters. The van der Waals surface area contributed by atoms with Crippen LogP contribution in [0.1, 0.15) is 41.7 Å². The topological polar surface area (TPSA) is 3.24 Å². The minimum atomic E-state index is -0.0510. The van der Waals surface area contributed by atoms with E-state index in [1.54, 1.807) is 0 Å². The van der Waals surface area contributed by atoms with Gasteiger partial charge in [0, 0.05) is 34.0 Å². The highest BCUT2D eigenvalue weighted by Crippen LogP contribution is 2.56. The number of aryl methyl sites for hydroxylation is 1. The molecule has 2 aliphatic rings. The number of hydrogen-bond donors (Lipinski definition) is 0. The molecule has 1 heteroatoms. The fraction of sp³-hybridized carbons (Fsp3) is 0.116. The van der Waals surface area contributed by atoms with E-state index in [1.165, 1.54) is 88.7 Å². The number of nitrogens with zero attached hydrogens (tertiary/aromatic N) is 1. The van der Waals surface area contributed by atoms with Crippen LogP contribution in [0.4, 0.5) is 17.1 Å². The molecule has 1 heterocycles. The van der Waals surface area contributed by atoms with Gasteiger partial charge in [0.05, 0.1) is 5.69 Å². The lowest BCUT2D eigenvalue weighted by Gasteiger charge is -2.35. The number of hydrogen-bond acceptors (Lipinski definition) is 1. The Bertz CT molecular complexity index is 2260. The Morgan fingerprint density at radius 1 is 0.500 bits per heavy atom. The van der Waals surface area contributed by atoms with E-state index >= 15 is 0 Å². The van der Waals surface area contributed by atoms with Crippen molar-refractivity contribution in [2.24, 2.45) is 0 Å². The molecule has 0 saturated carbocycles. The van der Waals surface area contributed by atoms with E-state index in [-0.39, 0.29) is 5.41 Å². The molecule has 210 valence electrons. The number of benzene rings is 7. The SMILES string of the molecule is Cc1ccc2c(N3c4ccccc4Cc4ccccc43)c3ccccc3c(-c3cccc4c3-c3ccccc3C4(C)C)c2c1. The zero-order chi connectivity index (χ0) is 29.6. The monoisotopic (exact) mass is 563 g/mol. The van der Waals surface area contributed by atoms with Gasteiger partial charge in [-0.3, -0.25) is 0 Å². The molecule has 7 aromatic rings. The Kier molecular flexibility index (Phi) is 5.29. The van der Waals surface area contributed by atoms with Crippen molar-refractivity contribution >= 4 is 38.6 Å². The van der Waals surface area contributed by atoms with Crippen molar-refractivity contribution in [3.05, 3.63) is 161 Å². The van der Waals surface area contributed by atoms with Gasteiger partial charge in [-0.15, -0.1) is 0 Å². The lowest BCUT2D eigenvalue weighted by molar-refractivity contribution is 0.660. The van der Waals surface area contributed by atoms with E-state index < -0.39 is 0 Å². The Labute approximate surface area is 259 Å². The van der Waals surface area contributed by atoms with Gasteiger partial charge in [0.2, 0.25) is 0 Å². The van der Waals surface area contributed by atoms with Gasteiger partial charge in [0.25, 0.3) is 0 Å². The van der Waals surface area contributed by atoms with Gasteiger partial charge in [-0.1, -0.05) is 141 Å². The molecule has 0 radical (unpaired) electrons. The molecule has 0 spiro atoms. The smallest absolute Gasteiger partial charge is 0.0619 e. The van der Waals surface area contributed by atoms with Crippen LogP contribution >= 0.6 is 0 Å². The molecule has 0 saturated heterocycles. The second kappa shape index (κ2) is 9.18. The summed E-state index contributed by atoms with van der Waals surface area (Å²) in [6, 6.07) is 49.9. The summed E-state index contributed by atoms with van der Waals surface area (Å²) in [6.45, 7) is 6.96. The van der Waals surface area contributed by atoms with Gasteiger partial charge in [-0.2, -0.15) is 0 Å². The van der Waals surface area contributed by atoms with Crippen LogP contribution in [-0.2, 0) is 11.8 Å². The average molecular weight is 564 g/mol. The highest BCUT2D eigenvalue weighted by Gasteiger charge is 2.37. The normalized spacial score (nSPS) is 14.3. The van der Waals surface area contributed by atoms with E-state index in [2.05, 4.69) is 159 Å². The summed E-state index contributed by atoms with van der Waals surface area (Å²) in [5.74, 6) is 0. The second-order valence-electron chi connectivity index (χ2n) is 13.0. The number of fused-ring (bicyclic) bond motifs is 7. The number of anilines is 3. The predicted octanol–water partition coefficient (Wildman–Crippen LogP) is 11.6. The van der Waals surface area contributed by atoms with Crippen molar-refractivity contribution < 1.29 is 0 Å². The zero-order valence-corrected chi connectivity index (χ0v) is 25.4. The third kappa shape index (κ3) is 3.41. The molecule has 0 amide bonds. The Balaban J connectivity index is 1.44. The van der Waals surface area contributed by atoms with Gasteiger partial charge in [0.15, 0.2) is 0 Å². The summed E-state index contributed by atoms with van der Waals surface area (Å²) < 4.78 is 0. The molecule has 0 N–H and O–H groups in total. The van der Waals surface area contributed by atoms with Crippen molar-refractivity contribution in [3.63, 3.8) is 0 Å². The Morgan fingerprint density at radius 2 is 1.09 bits per heavy atom. The largest absolute Gasteiger partial charge is 0.309 e. The first-order valence-electron chi connectivity index (χ1n) is 15.7. The summed E-state index contributed by atoms with van der Waals surface area (Å²) in [5.41, 5.74) is 15.9. The zero-order valence-electron chi connectivity index (χ0n) is 25.4. The fourth-order valence-electron chi connectivity index (χ4n) is 8.10. The van der Waals surface area contributed by atoms with Crippen molar-refractivity contribution in [2.45, 2.75) is 32.6 Å². The molecule has 44 heavy (non-hydrogen) atoms. The lowest BCUT2D eigenvalue weighted by atomic mass is 9.81. The molecule has 1 nitrogen and oxygen atoms in total. The summed E-state index contributed by atoms with van der Waals surface area (Å²) >= 11 is 0. The first-order valence-corrected chi connectivity index (χ1v) is 15.7. The molecule has 0 atom stereocenters. The van der Waals surface area contributed by atoms with Gasteiger partial charge in [-0.05, 0) is 74.3 Å². The minimum Gasteiger partial charge on any atom is -0.309 e. The van der Waals surface area contributed by atoms with E-state index in [1.807, 2.05) is 0 Å². The summed E-state index contributed by atoms with van der Waals surface area (Å²) in [5, 5.41) is 5.14. The third-order valence-corrected chi connectivity index (χ3v) is 10.1. The van der Waals surface area contributed by atoms with E-state index in [4.69, 9.17) is 0 Å². The molecule has 0 fully saturated rings. The van der Waals surface area contributed by atoms with Crippen molar-refractivity contribution in [2.75, 3.05) is 4.90 Å². The van der Waals surface area contributed by atoms with Gasteiger partial charge >= 0.3 is 0 Å². The fourth-order valence-corrected chi connectivity index (χ4v) is 8.10. The maximum absolute atomic E-state index is 2.53. The van der Waals surface area contributed by atoms with E-state index in [9.17, 15) is 0 Å². The van der Waals surface area contributed by atoms with Crippen LogP contribution in [0.25, 0.3) is 43.8 Å². The Hall–Kier alpha value is -5.14. The highest BCUT2D eigenvalue weighted by atomic mass is 15.2. The van der Waals surface area contributed by atoms with Crippen LogP contribution in [0.15, 0.2) is 133 Å². The van der Waals surface area contributed by atoms with Crippen molar-refractivity contribution in [3.8, 4) is 22.3 Å². The minimum absolute atomic E-state index is 0.0510. The standard InChI is InChI=1S/C43H33N/c1-27-23-24-32-35(25-27)40(34-18-12-20-37-41(34)33-17-8-9-19-36(33)43(37,2)3)30-15-6-7-16-31(30)42(32)44-38-21-10-4-13-28(38)26-29-14-5-11-22-39(29)44/h4-25H,26H2,1-3H3. The van der Waals surface area contributed by atoms with Crippen molar-refractivity contribution in [1.82, 2.24) is 0 Å². The van der Waals surface area contributed by atoms with Crippen molar-refractivity contribution in [1.29, 1.82) is 0 Å². The van der Waals surface area contributed by atoms with E-state index in [0.717, 1.165) is 6.42 Å². The third-order valence-electron chi connectivity index (χ3n) is 10.1. The van der Waals surface area contributed by atoms with Gasteiger partial charge in [0.1, 0.15) is 0 Å². The highest BCUT2D eigenvalue weighted by molar-refractivity contribution is 6.24. The first kappa shape index (κ1) is 25.4. The number of rotatable bonds is 2.